The molecule has 0 aliphatic carbocycles. The minimum atomic E-state index is -3.91. The van der Waals surface area contributed by atoms with E-state index in [0.29, 0.717) is 36.9 Å². The third kappa shape index (κ3) is 5.76. The van der Waals surface area contributed by atoms with Crippen LogP contribution in [0, 0.1) is 5.82 Å². The van der Waals surface area contributed by atoms with Crippen LogP contribution in [0.2, 0.25) is 10.0 Å². The maximum Gasteiger partial charge on any atom is 0.322 e. The molecule has 2 heterocycles. The summed E-state index contributed by atoms with van der Waals surface area (Å²) in [7, 11) is -1.88. The fourth-order valence-electron chi connectivity index (χ4n) is 3.94. The number of ether oxygens (including phenoxy) is 1. The second-order valence-electron chi connectivity index (χ2n) is 8.51. The molecule has 0 saturated carbocycles. The molecule has 0 amide bonds. The van der Waals surface area contributed by atoms with E-state index in [1.54, 1.807) is 17.6 Å². The average molecular weight is 557 g/mol. The highest BCUT2D eigenvalue weighted by Crippen LogP contribution is 2.30. The number of piperazine rings is 1. The van der Waals surface area contributed by atoms with E-state index in [9.17, 15) is 12.8 Å². The zero-order chi connectivity index (χ0) is 26.0. The minimum Gasteiger partial charge on any atom is -0.424 e. The van der Waals surface area contributed by atoms with Gasteiger partial charge in [-0.1, -0.05) is 28.3 Å². The number of aromatic nitrogens is 3. The molecule has 194 valence electrons. The molecule has 4 rings (SSSR count). The van der Waals surface area contributed by atoms with E-state index in [1.165, 1.54) is 30.3 Å². The van der Waals surface area contributed by atoms with E-state index in [1.807, 2.05) is 18.9 Å². The van der Waals surface area contributed by atoms with Crippen LogP contribution < -0.4 is 14.4 Å². The van der Waals surface area contributed by atoms with Crippen LogP contribution in [0.3, 0.4) is 0 Å². The maximum absolute atomic E-state index is 14.6. The predicted molar refractivity (Wildman–Crippen MR) is 137 cm³/mol. The SMILES string of the molecule is CCn1c(Oc2ccc(F)c(N3CCN(C)CC3)c2)nnc1[C@@H](C)NS(=O)(=O)c1ccc(Cl)c(Cl)c1. The van der Waals surface area contributed by atoms with E-state index < -0.39 is 16.1 Å². The first-order valence-electron chi connectivity index (χ1n) is 11.4. The van der Waals surface area contributed by atoms with Crippen LogP contribution in [0.1, 0.15) is 25.7 Å². The molecule has 1 saturated heterocycles. The number of benzene rings is 2. The molecule has 1 aromatic heterocycles. The maximum atomic E-state index is 14.6. The molecular formula is C23H27Cl2FN6O3S. The Morgan fingerprint density at radius 2 is 1.81 bits per heavy atom. The first-order valence-corrected chi connectivity index (χ1v) is 13.6. The van der Waals surface area contributed by atoms with Gasteiger partial charge in [-0.25, -0.2) is 17.5 Å². The number of likely N-dealkylation sites (N-methyl/N-ethyl adjacent to an activating group) is 1. The third-order valence-electron chi connectivity index (χ3n) is 5.95. The second kappa shape index (κ2) is 10.9. The van der Waals surface area contributed by atoms with Gasteiger partial charge in [0.2, 0.25) is 10.0 Å². The molecule has 3 aromatic rings. The van der Waals surface area contributed by atoms with Gasteiger partial charge in [-0.05, 0) is 51.2 Å². The highest BCUT2D eigenvalue weighted by molar-refractivity contribution is 7.89. The van der Waals surface area contributed by atoms with Gasteiger partial charge in [0.15, 0.2) is 5.82 Å². The largest absolute Gasteiger partial charge is 0.424 e. The normalized spacial score (nSPS) is 15.8. The number of halogens is 3. The van der Waals surface area contributed by atoms with Gasteiger partial charge in [-0.15, -0.1) is 5.10 Å². The molecule has 1 N–H and O–H groups in total. The molecule has 1 fully saturated rings. The first-order chi connectivity index (χ1) is 17.1. The second-order valence-corrected chi connectivity index (χ2v) is 11.0. The Kier molecular flexibility index (Phi) is 8.06. The van der Waals surface area contributed by atoms with Crippen LogP contribution in [-0.2, 0) is 16.6 Å². The smallest absolute Gasteiger partial charge is 0.322 e. The lowest BCUT2D eigenvalue weighted by Crippen LogP contribution is -2.44. The van der Waals surface area contributed by atoms with Crippen LogP contribution in [-0.4, -0.2) is 61.3 Å². The van der Waals surface area contributed by atoms with Crippen molar-refractivity contribution in [3.05, 3.63) is 58.1 Å². The Bertz CT molecular complexity index is 1350. The summed E-state index contributed by atoms with van der Waals surface area (Å²) in [5, 5.41) is 8.66. The number of nitrogens with one attached hydrogen (secondary N) is 1. The summed E-state index contributed by atoms with van der Waals surface area (Å²) in [4.78, 5) is 4.15. The third-order valence-corrected chi connectivity index (χ3v) is 8.23. The van der Waals surface area contributed by atoms with Gasteiger partial charge in [0.05, 0.1) is 26.7 Å². The molecule has 1 aliphatic heterocycles. The molecule has 1 aliphatic rings. The van der Waals surface area contributed by atoms with Gasteiger partial charge >= 0.3 is 6.01 Å². The Morgan fingerprint density at radius 3 is 2.47 bits per heavy atom. The summed E-state index contributed by atoms with van der Waals surface area (Å²) in [6.07, 6.45) is 0. The summed E-state index contributed by atoms with van der Waals surface area (Å²) in [6.45, 7) is 7.04. The minimum absolute atomic E-state index is 0.0227. The summed E-state index contributed by atoms with van der Waals surface area (Å²) in [5.74, 6) is 0.440. The van der Waals surface area contributed by atoms with E-state index >= 15 is 0 Å². The summed E-state index contributed by atoms with van der Waals surface area (Å²) >= 11 is 11.9. The van der Waals surface area contributed by atoms with Crippen LogP contribution in [0.25, 0.3) is 0 Å². The fraction of sp³-hybridized carbons (Fsp3) is 0.391. The molecule has 0 radical (unpaired) electrons. The van der Waals surface area contributed by atoms with E-state index in [2.05, 4.69) is 19.8 Å². The van der Waals surface area contributed by atoms with Crippen molar-refractivity contribution in [3.63, 3.8) is 0 Å². The fourth-order valence-corrected chi connectivity index (χ4v) is 5.53. The molecule has 0 spiro atoms. The molecular weight excluding hydrogens is 530 g/mol. The van der Waals surface area contributed by atoms with Gasteiger partial charge in [-0.2, -0.15) is 0 Å². The average Bonchev–Trinajstić information content (AvgIpc) is 3.25. The van der Waals surface area contributed by atoms with Crippen molar-refractivity contribution >= 4 is 38.9 Å². The monoisotopic (exact) mass is 556 g/mol. The lowest BCUT2D eigenvalue weighted by Gasteiger charge is -2.34. The van der Waals surface area contributed by atoms with Crippen molar-refractivity contribution in [3.8, 4) is 11.8 Å². The standard InChI is InChI=1S/C23H27Cl2FN6O3S/c1-4-32-22(15(2)29-36(33,34)17-6-7-18(24)19(25)14-17)27-28-23(32)35-16-5-8-20(26)21(13-16)31-11-9-30(3)10-12-31/h5-8,13-15,29H,4,9-12H2,1-3H3/t15-/m1/s1. The van der Waals surface area contributed by atoms with E-state index in [-0.39, 0.29) is 26.8 Å². The number of hydrogen-bond acceptors (Lipinski definition) is 7. The Labute approximate surface area is 219 Å². The van der Waals surface area contributed by atoms with Gasteiger partial charge in [-0.3, -0.25) is 4.57 Å². The molecule has 2 aromatic carbocycles. The van der Waals surface area contributed by atoms with Crippen LogP contribution in [0.15, 0.2) is 41.3 Å². The number of nitrogens with zero attached hydrogens (tertiary/aromatic N) is 5. The quantitative estimate of drug-likeness (QED) is 0.441. The van der Waals surface area contributed by atoms with Crippen molar-refractivity contribution < 1.29 is 17.5 Å². The van der Waals surface area contributed by atoms with Crippen molar-refractivity contribution in [2.24, 2.45) is 0 Å². The number of sulfonamides is 1. The molecule has 0 unspecified atom stereocenters. The van der Waals surface area contributed by atoms with Crippen LogP contribution in [0.4, 0.5) is 10.1 Å². The van der Waals surface area contributed by atoms with Crippen molar-refractivity contribution in [1.29, 1.82) is 0 Å². The van der Waals surface area contributed by atoms with Crippen LogP contribution >= 0.6 is 23.2 Å². The summed E-state index contributed by atoms with van der Waals surface area (Å²) in [6, 6.07) is 8.05. The summed E-state index contributed by atoms with van der Waals surface area (Å²) in [5.41, 5.74) is 0.464. The number of hydrogen-bond donors (Lipinski definition) is 1. The lowest BCUT2D eigenvalue weighted by molar-refractivity contribution is 0.311. The molecule has 36 heavy (non-hydrogen) atoms. The highest BCUT2D eigenvalue weighted by Gasteiger charge is 2.25. The lowest BCUT2D eigenvalue weighted by atomic mass is 10.2. The van der Waals surface area contributed by atoms with Gasteiger partial charge in [0.25, 0.3) is 0 Å². The summed E-state index contributed by atoms with van der Waals surface area (Å²) < 4.78 is 50.5. The van der Waals surface area contributed by atoms with E-state index in [4.69, 9.17) is 27.9 Å². The molecule has 13 heteroatoms. The topological polar surface area (TPSA) is 92.6 Å². The van der Waals surface area contributed by atoms with Gasteiger partial charge < -0.3 is 14.5 Å². The highest BCUT2D eigenvalue weighted by atomic mass is 35.5. The molecule has 1 atom stereocenters. The molecule has 0 bridgehead atoms. The Balaban J connectivity index is 1.54. The first kappa shape index (κ1) is 26.6. The van der Waals surface area contributed by atoms with Crippen LogP contribution in [0.5, 0.6) is 11.8 Å². The zero-order valence-corrected chi connectivity index (χ0v) is 22.4. The predicted octanol–water partition coefficient (Wildman–Crippen LogP) is 4.33. The Hall–Kier alpha value is -2.44. The number of anilines is 1. The van der Waals surface area contributed by atoms with Crippen molar-refractivity contribution in [2.45, 2.75) is 31.3 Å². The Morgan fingerprint density at radius 1 is 1.08 bits per heavy atom. The van der Waals surface area contributed by atoms with Gasteiger partial charge in [0, 0.05) is 38.8 Å². The van der Waals surface area contributed by atoms with Crippen molar-refractivity contribution in [1.82, 2.24) is 24.4 Å². The van der Waals surface area contributed by atoms with Crippen molar-refractivity contribution in [2.75, 3.05) is 38.1 Å². The molecule has 9 nitrogen and oxygen atoms in total. The van der Waals surface area contributed by atoms with E-state index in [0.717, 1.165) is 13.1 Å². The zero-order valence-electron chi connectivity index (χ0n) is 20.1. The van der Waals surface area contributed by atoms with Gasteiger partial charge in [0.1, 0.15) is 11.6 Å². The number of rotatable bonds is 8.